The Kier molecular flexibility index (Phi) is 3.49. The highest BCUT2D eigenvalue weighted by atomic mass is 35.5. The number of benzene rings is 1. The van der Waals surface area contributed by atoms with Crippen LogP contribution in [0.25, 0.3) is 0 Å². The van der Waals surface area contributed by atoms with Crippen molar-refractivity contribution in [1.29, 1.82) is 5.26 Å². The molecule has 1 aromatic carbocycles. The van der Waals surface area contributed by atoms with Gasteiger partial charge in [-0.05, 0) is 17.7 Å². The number of imide groups is 1. The van der Waals surface area contributed by atoms with Gasteiger partial charge in [0.2, 0.25) is 5.91 Å². The molecule has 0 bridgehead atoms. The van der Waals surface area contributed by atoms with Crippen LogP contribution < -0.4 is 5.32 Å². The molecule has 0 radical (unpaired) electrons. The van der Waals surface area contributed by atoms with Crippen LogP contribution in [-0.2, 0) is 11.3 Å². The second-order valence-corrected chi connectivity index (χ2v) is 4.42. The van der Waals surface area contributed by atoms with Crippen LogP contribution in [0.5, 0.6) is 0 Å². The Bertz CT molecular complexity index is 521. The lowest BCUT2D eigenvalue weighted by atomic mass is 10.1. The number of nitrogens with zero attached hydrogens (tertiary/aromatic N) is 2. The number of carbonyl (C=O) groups excluding carboxylic acids is 2. The van der Waals surface area contributed by atoms with Crippen molar-refractivity contribution in [1.82, 2.24) is 10.2 Å². The zero-order valence-corrected chi connectivity index (χ0v) is 10.1. The summed E-state index contributed by atoms with van der Waals surface area (Å²) in [5.74, 6) is -1.34. The number of nitriles is 1. The minimum atomic E-state index is -0.810. The van der Waals surface area contributed by atoms with E-state index in [9.17, 15) is 9.59 Å². The van der Waals surface area contributed by atoms with Crippen molar-refractivity contribution >= 4 is 23.5 Å². The van der Waals surface area contributed by atoms with Gasteiger partial charge in [0.15, 0.2) is 0 Å². The quantitative estimate of drug-likeness (QED) is 0.879. The second-order valence-electron chi connectivity index (χ2n) is 3.98. The molecule has 92 valence electrons. The van der Waals surface area contributed by atoms with Crippen LogP contribution in [0.15, 0.2) is 24.3 Å². The maximum absolute atomic E-state index is 11.6. The molecule has 0 spiro atoms. The van der Waals surface area contributed by atoms with Gasteiger partial charge < -0.3 is 4.90 Å². The van der Waals surface area contributed by atoms with Gasteiger partial charge >= 0.3 is 6.03 Å². The van der Waals surface area contributed by atoms with Gasteiger partial charge in [0.1, 0.15) is 5.92 Å². The summed E-state index contributed by atoms with van der Waals surface area (Å²) in [6, 6.07) is 8.45. The smallest absolute Gasteiger partial charge is 0.318 e. The molecule has 1 aliphatic heterocycles. The number of amides is 3. The van der Waals surface area contributed by atoms with Gasteiger partial charge in [-0.15, -0.1) is 0 Å². The highest BCUT2D eigenvalue weighted by Crippen LogP contribution is 2.14. The first-order chi connectivity index (χ1) is 8.60. The molecule has 1 unspecified atom stereocenters. The standard InChI is InChI=1S/C12H10ClN3O2/c13-10-3-1-8(2-4-10)6-16-7-9(5-14)11(17)15-12(16)18/h1-4,9H,6-7H2,(H,15,17,18). The molecule has 2 rings (SSSR count). The largest absolute Gasteiger partial charge is 0.324 e. The molecule has 6 heteroatoms. The summed E-state index contributed by atoms with van der Waals surface area (Å²) in [5, 5.41) is 11.6. The number of nitrogens with one attached hydrogen (secondary N) is 1. The number of halogens is 1. The van der Waals surface area contributed by atoms with Crippen molar-refractivity contribution in [3.63, 3.8) is 0 Å². The predicted molar refractivity (Wildman–Crippen MR) is 64.5 cm³/mol. The van der Waals surface area contributed by atoms with Crippen molar-refractivity contribution < 1.29 is 9.59 Å². The average molecular weight is 264 g/mol. The Labute approximate surface area is 109 Å². The summed E-state index contributed by atoms with van der Waals surface area (Å²) in [6.45, 7) is 0.457. The minimum absolute atomic E-state index is 0.115. The molecule has 1 aromatic rings. The maximum atomic E-state index is 11.6. The van der Waals surface area contributed by atoms with Crippen LogP contribution in [0.1, 0.15) is 5.56 Å². The minimum Gasteiger partial charge on any atom is -0.318 e. The second kappa shape index (κ2) is 5.07. The van der Waals surface area contributed by atoms with E-state index in [1.807, 2.05) is 6.07 Å². The third kappa shape index (κ3) is 2.60. The summed E-state index contributed by atoms with van der Waals surface area (Å²) in [4.78, 5) is 24.3. The van der Waals surface area contributed by atoms with Crippen molar-refractivity contribution in [3.8, 4) is 6.07 Å². The van der Waals surface area contributed by atoms with Gasteiger partial charge in [0, 0.05) is 18.1 Å². The van der Waals surface area contributed by atoms with Crippen molar-refractivity contribution in [2.45, 2.75) is 6.54 Å². The summed E-state index contributed by atoms with van der Waals surface area (Å²) in [6.07, 6.45) is 0. The Morgan fingerprint density at radius 3 is 2.67 bits per heavy atom. The van der Waals surface area contributed by atoms with E-state index in [1.54, 1.807) is 24.3 Å². The Hall–Kier alpha value is -2.06. The number of hydrogen-bond donors (Lipinski definition) is 1. The summed E-state index contributed by atoms with van der Waals surface area (Å²) >= 11 is 5.77. The van der Waals surface area contributed by atoms with E-state index in [4.69, 9.17) is 16.9 Å². The molecule has 0 aliphatic carbocycles. The first kappa shape index (κ1) is 12.4. The normalized spacial score (nSPS) is 19.3. The lowest BCUT2D eigenvalue weighted by Crippen LogP contribution is -2.53. The fraction of sp³-hybridized carbons (Fsp3) is 0.250. The van der Waals surface area contributed by atoms with Crippen LogP contribution in [0.2, 0.25) is 5.02 Å². The van der Waals surface area contributed by atoms with E-state index in [0.29, 0.717) is 11.6 Å². The number of urea groups is 1. The lowest BCUT2D eigenvalue weighted by Gasteiger charge is -2.29. The first-order valence-corrected chi connectivity index (χ1v) is 5.72. The Morgan fingerprint density at radius 2 is 2.06 bits per heavy atom. The summed E-state index contributed by atoms with van der Waals surface area (Å²) in [7, 11) is 0. The fourth-order valence-electron chi connectivity index (χ4n) is 1.70. The number of carbonyl (C=O) groups is 2. The van der Waals surface area contributed by atoms with Crippen LogP contribution in [-0.4, -0.2) is 23.4 Å². The molecule has 18 heavy (non-hydrogen) atoms. The molecular formula is C12H10ClN3O2. The number of rotatable bonds is 2. The van der Waals surface area contributed by atoms with Gasteiger partial charge in [-0.3, -0.25) is 10.1 Å². The topological polar surface area (TPSA) is 73.2 Å². The molecule has 0 aromatic heterocycles. The molecule has 3 amide bonds. The molecular weight excluding hydrogens is 254 g/mol. The zero-order chi connectivity index (χ0) is 13.1. The lowest BCUT2D eigenvalue weighted by molar-refractivity contribution is -0.124. The number of hydrogen-bond acceptors (Lipinski definition) is 3. The van der Waals surface area contributed by atoms with Crippen LogP contribution in [0.3, 0.4) is 0 Å². The molecule has 5 nitrogen and oxygen atoms in total. The van der Waals surface area contributed by atoms with E-state index in [0.717, 1.165) is 5.56 Å². The molecule has 1 heterocycles. The maximum Gasteiger partial charge on any atom is 0.324 e. The van der Waals surface area contributed by atoms with Gasteiger partial charge in [-0.25, -0.2) is 4.79 Å². The van der Waals surface area contributed by atoms with Crippen molar-refractivity contribution in [3.05, 3.63) is 34.9 Å². The summed E-state index contributed by atoms with van der Waals surface area (Å²) in [5.41, 5.74) is 0.889. The van der Waals surface area contributed by atoms with E-state index in [1.165, 1.54) is 4.90 Å². The van der Waals surface area contributed by atoms with E-state index in [-0.39, 0.29) is 6.54 Å². The predicted octanol–water partition coefficient (Wildman–Crippen LogP) is 1.53. The monoisotopic (exact) mass is 263 g/mol. The first-order valence-electron chi connectivity index (χ1n) is 5.34. The Balaban J connectivity index is 2.09. The molecule has 1 saturated heterocycles. The van der Waals surface area contributed by atoms with Gasteiger partial charge in [0.25, 0.3) is 0 Å². The fourth-order valence-corrected chi connectivity index (χ4v) is 1.83. The highest BCUT2D eigenvalue weighted by molar-refractivity contribution is 6.30. The third-order valence-electron chi connectivity index (χ3n) is 2.68. The Morgan fingerprint density at radius 1 is 1.39 bits per heavy atom. The van der Waals surface area contributed by atoms with Crippen LogP contribution in [0, 0.1) is 17.2 Å². The highest BCUT2D eigenvalue weighted by Gasteiger charge is 2.31. The molecule has 1 aliphatic rings. The van der Waals surface area contributed by atoms with Gasteiger partial charge in [0.05, 0.1) is 6.07 Å². The summed E-state index contributed by atoms with van der Waals surface area (Å²) < 4.78 is 0. The van der Waals surface area contributed by atoms with E-state index < -0.39 is 17.9 Å². The van der Waals surface area contributed by atoms with Crippen LogP contribution >= 0.6 is 11.6 Å². The molecule has 1 N–H and O–H groups in total. The third-order valence-corrected chi connectivity index (χ3v) is 2.93. The SMILES string of the molecule is N#CC1CN(Cc2ccc(Cl)cc2)C(=O)NC1=O. The van der Waals surface area contributed by atoms with Crippen molar-refractivity contribution in [2.75, 3.05) is 6.54 Å². The van der Waals surface area contributed by atoms with Crippen LogP contribution in [0.4, 0.5) is 4.79 Å². The molecule has 1 fully saturated rings. The van der Waals surface area contributed by atoms with Gasteiger partial charge in [-0.1, -0.05) is 23.7 Å². The van der Waals surface area contributed by atoms with Crippen molar-refractivity contribution in [2.24, 2.45) is 5.92 Å². The van der Waals surface area contributed by atoms with Gasteiger partial charge in [-0.2, -0.15) is 5.26 Å². The zero-order valence-electron chi connectivity index (χ0n) is 9.39. The average Bonchev–Trinajstić information content (AvgIpc) is 2.35. The molecule has 0 saturated carbocycles. The van der Waals surface area contributed by atoms with E-state index in [2.05, 4.69) is 5.32 Å². The van der Waals surface area contributed by atoms with E-state index >= 15 is 0 Å². The molecule has 1 atom stereocenters.